The van der Waals surface area contributed by atoms with E-state index in [-0.39, 0.29) is 11.7 Å². The molecule has 0 N–H and O–H groups in total. The van der Waals surface area contributed by atoms with E-state index < -0.39 is 10.0 Å². The van der Waals surface area contributed by atoms with E-state index >= 15 is 0 Å². The Hall–Kier alpha value is -0.180. The molecule has 0 bridgehead atoms. The molecule has 1 aliphatic heterocycles. The zero-order valence-electron chi connectivity index (χ0n) is 11.7. The maximum atomic E-state index is 12.4. The largest absolute Gasteiger partial charge is 0.294 e. The molecule has 1 aromatic carbocycles. The predicted molar refractivity (Wildman–Crippen MR) is 92.3 cm³/mol. The second kappa shape index (κ2) is 6.93. The van der Waals surface area contributed by atoms with Gasteiger partial charge in [0.05, 0.1) is 6.26 Å². The van der Waals surface area contributed by atoms with Crippen LogP contribution in [-0.2, 0) is 10.0 Å². The summed E-state index contributed by atoms with van der Waals surface area (Å²) in [5.41, 5.74) is 0.625. The summed E-state index contributed by atoms with van der Waals surface area (Å²) in [4.78, 5) is 12.4. The van der Waals surface area contributed by atoms with Gasteiger partial charge in [-0.1, -0.05) is 11.6 Å². The molecular formula is C14H17ClINO3S. The van der Waals surface area contributed by atoms with E-state index in [0.717, 1.165) is 16.4 Å². The van der Waals surface area contributed by atoms with Gasteiger partial charge in [0.2, 0.25) is 10.0 Å². The number of carbonyl (C=O) groups is 1. The number of Topliss-reactive ketones (excluding diaryl/α,β-unsaturated/α-hetero) is 1. The number of piperidine rings is 1. The van der Waals surface area contributed by atoms with Crippen LogP contribution in [0.4, 0.5) is 0 Å². The van der Waals surface area contributed by atoms with Crippen LogP contribution in [0, 0.1) is 9.49 Å². The van der Waals surface area contributed by atoms with Gasteiger partial charge in [0.15, 0.2) is 5.78 Å². The van der Waals surface area contributed by atoms with Crippen LogP contribution in [0.25, 0.3) is 0 Å². The second-order valence-electron chi connectivity index (χ2n) is 5.38. The van der Waals surface area contributed by atoms with Gasteiger partial charge >= 0.3 is 0 Å². The highest BCUT2D eigenvalue weighted by atomic mass is 127. The van der Waals surface area contributed by atoms with Crippen molar-refractivity contribution in [2.75, 3.05) is 19.3 Å². The summed E-state index contributed by atoms with van der Waals surface area (Å²) in [5.74, 6) is 0.109. The van der Waals surface area contributed by atoms with Crippen LogP contribution in [0.15, 0.2) is 18.2 Å². The van der Waals surface area contributed by atoms with Gasteiger partial charge < -0.3 is 0 Å². The lowest BCUT2D eigenvalue weighted by atomic mass is 9.92. The lowest BCUT2D eigenvalue weighted by Crippen LogP contribution is -2.39. The van der Waals surface area contributed by atoms with Crippen molar-refractivity contribution in [3.05, 3.63) is 32.4 Å². The third-order valence-electron chi connectivity index (χ3n) is 3.65. The molecule has 7 heteroatoms. The van der Waals surface area contributed by atoms with Crippen LogP contribution in [-0.4, -0.2) is 37.9 Å². The van der Waals surface area contributed by atoms with Crippen molar-refractivity contribution in [2.45, 2.75) is 19.3 Å². The number of ketones is 1. The average Bonchev–Trinajstić information content (AvgIpc) is 2.41. The van der Waals surface area contributed by atoms with Crippen molar-refractivity contribution in [2.24, 2.45) is 5.92 Å². The second-order valence-corrected chi connectivity index (χ2v) is 8.96. The fourth-order valence-electron chi connectivity index (χ4n) is 2.58. The van der Waals surface area contributed by atoms with Crippen molar-refractivity contribution >= 4 is 50.0 Å². The van der Waals surface area contributed by atoms with E-state index in [0.29, 0.717) is 30.1 Å². The van der Waals surface area contributed by atoms with Crippen molar-refractivity contribution in [3.8, 4) is 0 Å². The molecule has 0 saturated carbocycles. The van der Waals surface area contributed by atoms with Crippen LogP contribution in [0.5, 0.6) is 0 Å². The molecule has 0 aromatic heterocycles. The maximum absolute atomic E-state index is 12.4. The number of nitrogens with zero attached hydrogens (tertiary/aromatic N) is 1. The molecule has 1 unspecified atom stereocenters. The number of hydrogen-bond donors (Lipinski definition) is 0. The Balaban J connectivity index is 2.07. The fourth-order valence-corrected chi connectivity index (χ4v) is 4.33. The summed E-state index contributed by atoms with van der Waals surface area (Å²) in [5, 5.41) is 0.542. The standard InChI is InChI=1S/C14H17ClINO3S/c1-21(19,20)17-6-2-3-10(9-17)7-14(18)12-8-11(15)4-5-13(12)16/h4-5,8,10H,2-3,6-7,9H2,1H3. The molecule has 2 rings (SSSR count). The monoisotopic (exact) mass is 441 g/mol. The molecule has 0 radical (unpaired) electrons. The van der Waals surface area contributed by atoms with Crippen molar-refractivity contribution in [1.82, 2.24) is 4.31 Å². The summed E-state index contributed by atoms with van der Waals surface area (Å²) in [6.45, 7) is 0.986. The Kier molecular flexibility index (Phi) is 5.67. The van der Waals surface area contributed by atoms with Gasteiger partial charge in [-0.2, -0.15) is 0 Å². The topological polar surface area (TPSA) is 54.5 Å². The molecule has 1 heterocycles. The van der Waals surface area contributed by atoms with Crippen molar-refractivity contribution < 1.29 is 13.2 Å². The van der Waals surface area contributed by atoms with Gasteiger partial charge in [-0.15, -0.1) is 0 Å². The van der Waals surface area contributed by atoms with E-state index in [1.165, 1.54) is 10.6 Å². The van der Waals surface area contributed by atoms with Crippen LogP contribution >= 0.6 is 34.2 Å². The molecule has 116 valence electrons. The highest BCUT2D eigenvalue weighted by Gasteiger charge is 2.27. The SMILES string of the molecule is CS(=O)(=O)N1CCCC(CC(=O)c2cc(Cl)ccc2I)C1. The van der Waals surface area contributed by atoms with Crippen LogP contribution in [0.3, 0.4) is 0 Å². The highest BCUT2D eigenvalue weighted by molar-refractivity contribution is 14.1. The first kappa shape index (κ1) is 17.2. The molecule has 21 heavy (non-hydrogen) atoms. The summed E-state index contributed by atoms with van der Waals surface area (Å²) >= 11 is 8.06. The summed E-state index contributed by atoms with van der Waals surface area (Å²) in [6.07, 6.45) is 3.27. The number of rotatable bonds is 4. The molecule has 0 amide bonds. The summed E-state index contributed by atoms with van der Waals surface area (Å²) in [6, 6.07) is 5.26. The highest BCUT2D eigenvalue weighted by Crippen LogP contribution is 2.25. The molecule has 1 atom stereocenters. The summed E-state index contributed by atoms with van der Waals surface area (Å²) in [7, 11) is -3.17. The molecule has 1 saturated heterocycles. The first-order valence-corrected chi connectivity index (χ1v) is 10.0. The summed E-state index contributed by atoms with van der Waals surface area (Å²) < 4.78 is 25.6. The number of halogens is 2. The maximum Gasteiger partial charge on any atom is 0.211 e. The Morgan fingerprint density at radius 3 is 2.86 bits per heavy atom. The van der Waals surface area contributed by atoms with Crippen LogP contribution < -0.4 is 0 Å². The number of carbonyl (C=O) groups excluding carboxylic acids is 1. The first-order chi connectivity index (χ1) is 9.77. The Morgan fingerprint density at radius 2 is 2.19 bits per heavy atom. The predicted octanol–water partition coefficient (Wildman–Crippen LogP) is 3.19. The first-order valence-electron chi connectivity index (χ1n) is 6.71. The van der Waals surface area contributed by atoms with Gasteiger partial charge in [-0.25, -0.2) is 12.7 Å². The lowest BCUT2D eigenvalue weighted by Gasteiger charge is -2.30. The van der Waals surface area contributed by atoms with E-state index in [4.69, 9.17) is 11.6 Å². The number of hydrogen-bond acceptors (Lipinski definition) is 3. The van der Waals surface area contributed by atoms with E-state index in [1.54, 1.807) is 12.1 Å². The van der Waals surface area contributed by atoms with E-state index in [1.807, 2.05) is 6.07 Å². The van der Waals surface area contributed by atoms with Crippen LogP contribution in [0.1, 0.15) is 29.6 Å². The minimum atomic E-state index is -3.17. The van der Waals surface area contributed by atoms with Crippen molar-refractivity contribution in [1.29, 1.82) is 0 Å². The zero-order chi connectivity index (χ0) is 15.6. The van der Waals surface area contributed by atoms with Gasteiger partial charge in [0, 0.05) is 33.7 Å². The molecular weight excluding hydrogens is 425 g/mol. The van der Waals surface area contributed by atoms with Crippen molar-refractivity contribution in [3.63, 3.8) is 0 Å². The average molecular weight is 442 g/mol. The normalized spacial score (nSPS) is 20.4. The fraction of sp³-hybridized carbons (Fsp3) is 0.500. The number of benzene rings is 1. The minimum absolute atomic E-state index is 0.0299. The van der Waals surface area contributed by atoms with Crippen LogP contribution in [0.2, 0.25) is 5.02 Å². The molecule has 4 nitrogen and oxygen atoms in total. The Bertz CT molecular complexity index is 648. The third-order valence-corrected chi connectivity index (χ3v) is 6.10. The van der Waals surface area contributed by atoms with E-state index in [2.05, 4.69) is 22.6 Å². The quantitative estimate of drug-likeness (QED) is 0.533. The molecule has 1 aromatic rings. The molecule has 1 fully saturated rings. The lowest BCUT2D eigenvalue weighted by molar-refractivity contribution is 0.0941. The van der Waals surface area contributed by atoms with E-state index in [9.17, 15) is 13.2 Å². The number of sulfonamides is 1. The van der Waals surface area contributed by atoms with Gasteiger partial charge in [-0.05, 0) is 59.5 Å². The Labute approximate surface area is 144 Å². The third kappa shape index (κ3) is 4.64. The zero-order valence-corrected chi connectivity index (χ0v) is 15.4. The molecule has 0 spiro atoms. The smallest absolute Gasteiger partial charge is 0.211 e. The minimum Gasteiger partial charge on any atom is -0.294 e. The van der Waals surface area contributed by atoms with Gasteiger partial charge in [0.25, 0.3) is 0 Å². The Morgan fingerprint density at radius 1 is 1.48 bits per heavy atom. The molecule has 0 aliphatic carbocycles. The van der Waals surface area contributed by atoms with Gasteiger partial charge in [-0.3, -0.25) is 4.79 Å². The van der Waals surface area contributed by atoms with Gasteiger partial charge in [0.1, 0.15) is 0 Å². The molecule has 1 aliphatic rings.